The van der Waals surface area contributed by atoms with E-state index in [0.29, 0.717) is 17.9 Å². The topological polar surface area (TPSA) is 26.0 Å². The monoisotopic (exact) mass is 317 g/mol. The molecule has 0 saturated carbocycles. The highest BCUT2D eigenvalue weighted by Gasteiger charge is 2.18. The van der Waals surface area contributed by atoms with Crippen LogP contribution in [0.4, 0.5) is 0 Å². The molecule has 112 valence electrons. The molecular weight excluding hydrogens is 294 g/mol. The molecule has 21 heavy (non-hydrogen) atoms. The van der Waals surface area contributed by atoms with Gasteiger partial charge in [0.2, 0.25) is 0 Å². The molecule has 0 aromatic heterocycles. The molecule has 0 unspecified atom stereocenters. The maximum absolute atomic E-state index is 6.19. The van der Waals surface area contributed by atoms with Gasteiger partial charge in [0.25, 0.3) is 0 Å². The largest absolute Gasteiger partial charge is 0.398 e. The van der Waals surface area contributed by atoms with E-state index in [2.05, 4.69) is 63.3 Å². The molecule has 0 aromatic rings. The van der Waals surface area contributed by atoms with Crippen LogP contribution in [0.2, 0.25) is 0 Å². The second-order valence-electron chi connectivity index (χ2n) is 5.50. The zero-order valence-electron chi connectivity index (χ0n) is 12.9. The third-order valence-corrected chi connectivity index (χ3v) is 3.95. The van der Waals surface area contributed by atoms with Gasteiger partial charge in [0.05, 0.1) is 0 Å². The molecule has 0 aromatic carbocycles. The first kappa shape index (κ1) is 17.8. The summed E-state index contributed by atoms with van der Waals surface area (Å²) in [5.41, 5.74) is 9.55. The van der Waals surface area contributed by atoms with Crippen molar-refractivity contribution < 1.29 is 0 Å². The second-order valence-corrected chi connectivity index (χ2v) is 6.43. The minimum absolute atomic E-state index is 0.0224. The molecule has 0 radical (unpaired) electrons. The standard InChI is InChI=1S/C18H23NS2/c1-5-13(9-12-20)17(15(19)6-2)14-7-10-18(3,4)11-8-16(14)21/h1,6-8,10-11,20-21H,9,12,19H2,2-4H3/b15-6+,17-13+. The highest BCUT2D eigenvalue weighted by atomic mass is 32.1. The molecule has 0 heterocycles. The number of hydrogen-bond acceptors (Lipinski definition) is 3. The molecule has 1 nitrogen and oxygen atoms in total. The van der Waals surface area contributed by atoms with E-state index in [9.17, 15) is 0 Å². The minimum atomic E-state index is -0.0224. The number of rotatable bonds is 4. The lowest BCUT2D eigenvalue weighted by Gasteiger charge is -2.15. The summed E-state index contributed by atoms with van der Waals surface area (Å²) in [7, 11) is 0. The predicted molar refractivity (Wildman–Crippen MR) is 100 cm³/mol. The van der Waals surface area contributed by atoms with Crippen molar-refractivity contribution in [3.05, 3.63) is 57.7 Å². The molecule has 1 aliphatic rings. The minimum Gasteiger partial charge on any atom is -0.398 e. The lowest BCUT2D eigenvalue weighted by atomic mass is 9.91. The van der Waals surface area contributed by atoms with Crippen LogP contribution < -0.4 is 5.73 Å². The Hall–Kier alpha value is -1.24. The highest BCUT2D eigenvalue weighted by molar-refractivity contribution is 7.84. The van der Waals surface area contributed by atoms with Gasteiger partial charge >= 0.3 is 0 Å². The lowest BCUT2D eigenvalue weighted by Crippen LogP contribution is -2.07. The van der Waals surface area contributed by atoms with Crippen LogP contribution in [0.25, 0.3) is 0 Å². The third kappa shape index (κ3) is 4.62. The van der Waals surface area contributed by atoms with Crippen molar-refractivity contribution in [3.8, 4) is 12.3 Å². The molecular formula is C18H23NS2. The normalized spacial score (nSPS) is 19.1. The van der Waals surface area contributed by atoms with Crippen molar-refractivity contribution >= 4 is 25.3 Å². The van der Waals surface area contributed by atoms with Crippen molar-refractivity contribution in [3.63, 3.8) is 0 Å². The van der Waals surface area contributed by atoms with Crippen LogP contribution in [0.15, 0.2) is 57.7 Å². The van der Waals surface area contributed by atoms with Crippen LogP contribution in [-0.2, 0) is 0 Å². The van der Waals surface area contributed by atoms with Gasteiger partial charge in [-0.05, 0) is 24.7 Å². The van der Waals surface area contributed by atoms with E-state index >= 15 is 0 Å². The molecule has 1 aliphatic carbocycles. The van der Waals surface area contributed by atoms with Crippen LogP contribution in [0.5, 0.6) is 0 Å². The first-order valence-electron chi connectivity index (χ1n) is 6.91. The van der Waals surface area contributed by atoms with E-state index < -0.39 is 0 Å². The summed E-state index contributed by atoms with van der Waals surface area (Å²) in [5, 5.41) is 0. The van der Waals surface area contributed by atoms with Gasteiger partial charge in [-0.1, -0.05) is 50.1 Å². The van der Waals surface area contributed by atoms with Gasteiger partial charge in [-0.2, -0.15) is 12.6 Å². The fraction of sp³-hybridized carbons (Fsp3) is 0.333. The molecule has 0 bridgehead atoms. The second kappa shape index (κ2) is 7.68. The van der Waals surface area contributed by atoms with Crippen molar-refractivity contribution in [2.45, 2.75) is 27.2 Å². The SMILES string of the molecule is C#C/C(CCS)=C(C1=C(S)C=CC(C)(C)C=C1)\C(N)=C/C. The summed E-state index contributed by atoms with van der Waals surface area (Å²) in [6.45, 7) is 6.19. The molecule has 3 heteroatoms. The van der Waals surface area contributed by atoms with Crippen molar-refractivity contribution in [2.75, 3.05) is 5.75 Å². The number of thiol groups is 2. The van der Waals surface area contributed by atoms with Gasteiger partial charge in [-0.25, -0.2) is 0 Å². The number of allylic oxidation sites excluding steroid dienone is 7. The molecule has 0 aliphatic heterocycles. The van der Waals surface area contributed by atoms with E-state index in [1.807, 2.05) is 19.1 Å². The number of hydrogen-bond donors (Lipinski definition) is 3. The molecule has 0 amide bonds. The molecule has 0 atom stereocenters. The van der Waals surface area contributed by atoms with Crippen LogP contribution in [-0.4, -0.2) is 5.75 Å². The molecule has 1 rings (SSSR count). The summed E-state index contributed by atoms with van der Waals surface area (Å²) < 4.78 is 0. The Bertz CT molecular complexity index is 593. The zero-order chi connectivity index (χ0) is 16.0. The maximum Gasteiger partial charge on any atom is 0.0360 e. The molecule has 2 N–H and O–H groups in total. The molecule has 0 saturated heterocycles. The van der Waals surface area contributed by atoms with Gasteiger partial charge in [-0.3, -0.25) is 0 Å². The molecule has 0 fully saturated rings. The number of nitrogens with two attached hydrogens (primary N) is 1. The van der Waals surface area contributed by atoms with Crippen LogP contribution in [0, 0.1) is 17.8 Å². The van der Waals surface area contributed by atoms with Crippen molar-refractivity contribution in [2.24, 2.45) is 11.1 Å². The van der Waals surface area contributed by atoms with Crippen molar-refractivity contribution in [1.82, 2.24) is 0 Å². The summed E-state index contributed by atoms with van der Waals surface area (Å²) in [5.74, 6) is 3.44. The van der Waals surface area contributed by atoms with Crippen molar-refractivity contribution in [1.29, 1.82) is 0 Å². The Morgan fingerprint density at radius 2 is 2.00 bits per heavy atom. The highest BCUT2D eigenvalue weighted by Crippen LogP contribution is 2.33. The quantitative estimate of drug-likeness (QED) is 0.399. The smallest absolute Gasteiger partial charge is 0.0360 e. The Morgan fingerprint density at radius 1 is 1.38 bits per heavy atom. The average Bonchev–Trinajstić information content (AvgIpc) is 2.58. The van der Waals surface area contributed by atoms with Gasteiger partial charge in [0.1, 0.15) is 0 Å². The predicted octanol–water partition coefficient (Wildman–Crippen LogP) is 4.43. The Labute approximate surface area is 139 Å². The average molecular weight is 318 g/mol. The summed E-state index contributed by atoms with van der Waals surface area (Å²) >= 11 is 8.90. The van der Waals surface area contributed by atoms with E-state index in [1.165, 1.54) is 0 Å². The van der Waals surface area contributed by atoms with E-state index in [1.54, 1.807) is 0 Å². The lowest BCUT2D eigenvalue weighted by molar-refractivity contribution is 0.627. The van der Waals surface area contributed by atoms with Gasteiger partial charge < -0.3 is 5.73 Å². The first-order valence-corrected chi connectivity index (χ1v) is 7.99. The molecule has 0 spiro atoms. The summed E-state index contributed by atoms with van der Waals surface area (Å²) in [6, 6.07) is 0. The summed E-state index contributed by atoms with van der Waals surface area (Å²) in [4.78, 5) is 0.864. The first-order chi connectivity index (χ1) is 9.86. The van der Waals surface area contributed by atoms with Gasteiger partial charge in [-0.15, -0.1) is 19.1 Å². The number of terminal acetylenes is 1. The Balaban J connectivity index is 3.55. The third-order valence-electron chi connectivity index (χ3n) is 3.33. The Morgan fingerprint density at radius 3 is 2.52 bits per heavy atom. The summed E-state index contributed by atoms with van der Waals surface area (Å²) in [6.07, 6.45) is 16.6. The fourth-order valence-electron chi connectivity index (χ4n) is 2.05. The fourth-order valence-corrected chi connectivity index (χ4v) is 2.54. The maximum atomic E-state index is 6.19. The van der Waals surface area contributed by atoms with Crippen LogP contribution >= 0.6 is 25.3 Å². The van der Waals surface area contributed by atoms with Crippen LogP contribution in [0.1, 0.15) is 27.2 Å². The Kier molecular flexibility index (Phi) is 6.51. The van der Waals surface area contributed by atoms with E-state index in [4.69, 9.17) is 12.2 Å². The van der Waals surface area contributed by atoms with E-state index in [-0.39, 0.29) is 5.41 Å². The van der Waals surface area contributed by atoms with Crippen LogP contribution in [0.3, 0.4) is 0 Å². The van der Waals surface area contributed by atoms with Gasteiger partial charge in [0, 0.05) is 27.2 Å². The van der Waals surface area contributed by atoms with Gasteiger partial charge in [0.15, 0.2) is 0 Å². The zero-order valence-corrected chi connectivity index (χ0v) is 14.6. The van der Waals surface area contributed by atoms with E-state index in [0.717, 1.165) is 21.6 Å².